The van der Waals surface area contributed by atoms with E-state index in [1.807, 2.05) is 32.0 Å². The summed E-state index contributed by atoms with van der Waals surface area (Å²) in [4.78, 5) is 26.6. The molecule has 0 saturated carbocycles. The number of nitrogens with zero attached hydrogens (tertiary/aromatic N) is 1. The Kier molecular flexibility index (Phi) is 5.79. The van der Waals surface area contributed by atoms with Crippen LogP contribution in [0.5, 0.6) is 0 Å². The molecule has 2 aromatic carbocycles. The second-order valence-electron chi connectivity index (χ2n) is 7.23. The van der Waals surface area contributed by atoms with Gasteiger partial charge in [0.05, 0.1) is 13.1 Å². The lowest BCUT2D eigenvalue weighted by Crippen LogP contribution is -2.42. The van der Waals surface area contributed by atoms with Gasteiger partial charge in [0.2, 0.25) is 11.8 Å². The second-order valence-corrected chi connectivity index (χ2v) is 7.23. The van der Waals surface area contributed by atoms with Gasteiger partial charge in [0.15, 0.2) is 0 Å². The highest BCUT2D eigenvalue weighted by Gasteiger charge is 2.19. The van der Waals surface area contributed by atoms with Crippen LogP contribution in [0.1, 0.15) is 28.7 Å². The van der Waals surface area contributed by atoms with Gasteiger partial charge in [-0.3, -0.25) is 9.59 Å². The molecule has 0 atom stereocenters. The van der Waals surface area contributed by atoms with Crippen LogP contribution in [0.4, 0.5) is 11.4 Å². The zero-order chi connectivity index (χ0) is 19.4. The summed E-state index contributed by atoms with van der Waals surface area (Å²) in [6.45, 7) is 7.16. The number of aryl methyl sites for hydroxylation is 3. The van der Waals surface area contributed by atoms with Crippen LogP contribution in [0.15, 0.2) is 36.4 Å². The van der Waals surface area contributed by atoms with Crippen LogP contribution in [0.3, 0.4) is 0 Å². The maximum atomic E-state index is 12.3. The van der Waals surface area contributed by atoms with Crippen molar-refractivity contribution in [1.29, 1.82) is 0 Å². The highest BCUT2D eigenvalue weighted by molar-refractivity contribution is 5.95. The first-order valence-electron chi connectivity index (χ1n) is 9.41. The van der Waals surface area contributed by atoms with Gasteiger partial charge in [-0.05, 0) is 62.4 Å². The minimum Gasteiger partial charge on any atom is -0.362 e. The third-order valence-corrected chi connectivity index (χ3v) is 5.11. The number of fused-ring (bicyclic) bond motifs is 1. The Morgan fingerprint density at radius 3 is 2.70 bits per heavy atom. The van der Waals surface area contributed by atoms with Gasteiger partial charge in [0.1, 0.15) is 0 Å². The van der Waals surface area contributed by atoms with Crippen LogP contribution in [0, 0.1) is 20.8 Å². The highest BCUT2D eigenvalue weighted by atomic mass is 16.2. The van der Waals surface area contributed by atoms with Gasteiger partial charge in [0, 0.05) is 17.9 Å². The van der Waals surface area contributed by atoms with Crippen molar-refractivity contribution in [2.24, 2.45) is 0 Å². The van der Waals surface area contributed by atoms with Crippen LogP contribution in [-0.4, -0.2) is 31.4 Å². The molecular formula is C22H27N3O2. The van der Waals surface area contributed by atoms with E-state index in [0.717, 1.165) is 41.9 Å². The molecule has 0 spiro atoms. The normalized spacial score (nSPS) is 13.1. The lowest BCUT2D eigenvalue weighted by molar-refractivity contribution is -0.123. The maximum absolute atomic E-state index is 12.3. The van der Waals surface area contributed by atoms with Crippen molar-refractivity contribution >= 4 is 23.2 Å². The first-order valence-corrected chi connectivity index (χ1v) is 9.41. The number of benzene rings is 2. The molecule has 0 bridgehead atoms. The fraction of sp³-hybridized carbons (Fsp3) is 0.364. The van der Waals surface area contributed by atoms with E-state index in [-0.39, 0.29) is 24.9 Å². The largest absolute Gasteiger partial charge is 0.362 e. The van der Waals surface area contributed by atoms with Crippen molar-refractivity contribution in [2.75, 3.05) is 29.9 Å². The number of anilines is 2. The van der Waals surface area contributed by atoms with E-state index in [9.17, 15) is 9.59 Å². The average Bonchev–Trinajstić information content (AvgIpc) is 2.64. The predicted molar refractivity (Wildman–Crippen MR) is 109 cm³/mol. The summed E-state index contributed by atoms with van der Waals surface area (Å²) in [5.41, 5.74) is 6.61. The number of carbonyl (C=O) groups is 2. The van der Waals surface area contributed by atoms with E-state index in [1.54, 1.807) is 0 Å². The minimum atomic E-state index is -0.216. The number of carbonyl (C=O) groups excluding carboxylic acids is 2. The number of hydrogen-bond donors (Lipinski definition) is 2. The Morgan fingerprint density at radius 1 is 1.07 bits per heavy atom. The van der Waals surface area contributed by atoms with Crippen molar-refractivity contribution in [3.63, 3.8) is 0 Å². The molecule has 27 heavy (non-hydrogen) atoms. The molecule has 3 rings (SSSR count). The second kappa shape index (κ2) is 8.25. The molecule has 0 radical (unpaired) electrons. The van der Waals surface area contributed by atoms with Crippen LogP contribution >= 0.6 is 0 Å². The predicted octanol–water partition coefficient (Wildman–Crippen LogP) is 3.12. The van der Waals surface area contributed by atoms with E-state index >= 15 is 0 Å². The van der Waals surface area contributed by atoms with Gasteiger partial charge in [-0.1, -0.05) is 29.8 Å². The molecule has 1 aliphatic heterocycles. The van der Waals surface area contributed by atoms with Gasteiger partial charge < -0.3 is 15.5 Å². The van der Waals surface area contributed by atoms with E-state index in [0.29, 0.717) is 0 Å². The molecule has 0 unspecified atom stereocenters. The molecule has 1 aliphatic rings. The molecule has 0 saturated heterocycles. The van der Waals surface area contributed by atoms with E-state index in [2.05, 4.69) is 40.7 Å². The molecule has 2 N–H and O–H groups in total. The molecule has 2 aromatic rings. The summed E-state index contributed by atoms with van der Waals surface area (Å²) < 4.78 is 0. The van der Waals surface area contributed by atoms with Gasteiger partial charge in [-0.15, -0.1) is 0 Å². The maximum Gasteiger partial charge on any atom is 0.243 e. The fourth-order valence-corrected chi connectivity index (χ4v) is 3.46. The average molecular weight is 365 g/mol. The lowest BCUT2D eigenvalue weighted by Gasteiger charge is -2.31. The topological polar surface area (TPSA) is 61.4 Å². The SMILES string of the molecule is Cc1ccc2c(c1)CCCN2CC(=O)NCC(=O)Nc1cccc(C)c1C. The van der Waals surface area contributed by atoms with Crippen molar-refractivity contribution < 1.29 is 9.59 Å². The summed E-state index contributed by atoms with van der Waals surface area (Å²) in [7, 11) is 0. The summed E-state index contributed by atoms with van der Waals surface area (Å²) >= 11 is 0. The van der Waals surface area contributed by atoms with Gasteiger partial charge in [0.25, 0.3) is 0 Å². The van der Waals surface area contributed by atoms with Crippen molar-refractivity contribution in [1.82, 2.24) is 5.32 Å². The first-order chi connectivity index (χ1) is 12.9. The van der Waals surface area contributed by atoms with Crippen LogP contribution < -0.4 is 15.5 Å². The van der Waals surface area contributed by atoms with Crippen LogP contribution in [0.2, 0.25) is 0 Å². The molecule has 5 nitrogen and oxygen atoms in total. The molecule has 5 heteroatoms. The van der Waals surface area contributed by atoms with Crippen molar-refractivity contribution in [2.45, 2.75) is 33.6 Å². The molecule has 0 aromatic heterocycles. The standard InChI is InChI=1S/C22H27N3O2/c1-15-9-10-20-18(12-15)7-5-11-25(20)14-22(27)23-13-21(26)24-19-8-4-6-16(2)17(19)3/h4,6,8-10,12H,5,7,11,13-14H2,1-3H3,(H,23,27)(H,24,26). The van der Waals surface area contributed by atoms with Gasteiger partial charge in [-0.25, -0.2) is 0 Å². The van der Waals surface area contributed by atoms with Crippen molar-refractivity contribution in [3.8, 4) is 0 Å². The number of amides is 2. The Hall–Kier alpha value is -2.82. The number of rotatable bonds is 5. The lowest BCUT2D eigenvalue weighted by atomic mass is 9.99. The Bertz CT molecular complexity index is 861. The van der Waals surface area contributed by atoms with E-state index in [1.165, 1.54) is 11.1 Å². The minimum absolute atomic E-state index is 0.0270. The Balaban J connectivity index is 1.53. The third kappa shape index (κ3) is 4.67. The molecular weight excluding hydrogens is 338 g/mol. The Labute approximate surface area is 160 Å². The quantitative estimate of drug-likeness (QED) is 0.856. The third-order valence-electron chi connectivity index (χ3n) is 5.11. The molecule has 0 fully saturated rings. The molecule has 142 valence electrons. The highest BCUT2D eigenvalue weighted by Crippen LogP contribution is 2.27. The fourth-order valence-electron chi connectivity index (χ4n) is 3.46. The first kappa shape index (κ1) is 19.0. The van der Waals surface area contributed by atoms with E-state index < -0.39 is 0 Å². The Morgan fingerprint density at radius 2 is 1.89 bits per heavy atom. The van der Waals surface area contributed by atoms with Crippen LogP contribution in [-0.2, 0) is 16.0 Å². The van der Waals surface area contributed by atoms with Gasteiger partial charge >= 0.3 is 0 Å². The molecule has 0 aliphatic carbocycles. The van der Waals surface area contributed by atoms with Crippen LogP contribution in [0.25, 0.3) is 0 Å². The molecule has 1 heterocycles. The molecule has 2 amide bonds. The summed E-state index contributed by atoms with van der Waals surface area (Å²) in [6.07, 6.45) is 2.09. The monoisotopic (exact) mass is 365 g/mol. The number of nitrogens with one attached hydrogen (secondary N) is 2. The van der Waals surface area contributed by atoms with Crippen molar-refractivity contribution in [3.05, 3.63) is 58.7 Å². The van der Waals surface area contributed by atoms with Gasteiger partial charge in [-0.2, -0.15) is 0 Å². The summed E-state index contributed by atoms with van der Waals surface area (Å²) in [5, 5.41) is 5.60. The zero-order valence-corrected chi connectivity index (χ0v) is 16.3. The van der Waals surface area contributed by atoms with E-state index in [4.69, 9.17) is 0 Å². The number of hydrogen-bond acceptors (Lipinski definition) is 3. The summed E-state index contributed by atoms with van der Waals surface area (Å²) in [5.74, 6) is -0.355. The smallest absolute Gasteiger partial charge is 0.243 e. The zero-order valence-electron chi connectivity index (χ0n) is 16.3. The summed E-state index contributed by atoms with van der Waals surface area (Å²) in [6, 6.07) is 12.1.